The molecule has 2 heterocycles. The molecule has 86 valence electrons. The summed E-state index contributed by atoms with van der Waals surface area (Å²) in [4.78, 5) is 16.4. The summed E-state index contributed by atoms with van der Waals surface area (Å²) in [6.07, 6.45) is 4.71. The zero-order chi connectivity index (χ0) is 12.1. The molecular weight excluding hydrogens is 302 g/mol. The first-order valence-electron chi connectivity index (χ1n) is 4.73. The third kappa shape index (κ3) is 3.47. The molecule has 0 aliphatic heterocycles. The summed E-state index contributed by atoms with van der Waals surface area (Å²) >= 11 is 4.88. The number of rotatable bonds is 3. The van der Waals surface area contributed by atoms with Gasteiger partial charge in [-0.15, -0.1) is 11.3 Å². The number of thiophene rings is 1. The fourth-order valence-electron chi connectivity index (χ4n) is 1.11. The van der Waals surface area contributed by atoms with Crippen LogP contribution in [-0.2, 0) is 0 Å². The lowest BCUT2D eigenvalue weighted by molar-refractivity contribution is 0.0955. The highest BCUT2D eigenvalue weighted by Gasteiger charge is 2.02. The van der Waals surface area contributed by atoms with Crippen LogP contribution in [0.5, 0.6) is 0 Å². The first kappa shape index (κ1) is 11.9. The van der Waals surface area contributed by atoms with Crippen molar-refractivity contribution >= 4 is 39.4 Å². The molecule has 1 N–H and O–H groups in total. The Hall–Kier alpha value is -1.53. The van der Waals surface area contributed by atoms with Crippen LogP contribution in [0.25, 0.3) is 0 Å². The molecule has 2 aromatic rings. The average molecular weight is 310 g/mol. The van der Waals surface area contributed by atoms with Gasteiger partial charge in [-0.25, -0.2) is 5.43 Å². The Balaban J connectivity index is 1.95. The maximum Gasteiger partial charge on any atom is 0.272 e. The average Bonchev–Trinajstić information content (AvgIpc) is 2.76. The van der Waals surface area contributed by atoms with E-state index in [1.807, 2.05) is 11.4 Å². The van der Waals surface area contributed by atoms with E-state index < -0.39 is 0 Å². The topological polar surface area (TPSA) is 54.4 Å². The number of amides is 1. The largest absolute Gasteiger partial charge is 0.272 e. The van der Waals surface area contributed by atoms with Crippen molar-refractivity contribution in [2.24, 2.45) is 5.10 Å². The van der Waals surface area contributed by atoms with E-state index in [1.54, 1.807) is 24.5 Å². The summed E-state index contributed by atoms with van der Waals surface area (Å²) < 4.78 is 1.00. The molecule has 0 aromatic carbocycles. The lowest BCUT2D eigenvalue weighted by Gasteiger charge is -1.97. The summed E-state index contributed by atoms with van der Waals surface area (Å²) in [5.41, 5.74) is 2.92. The molecule has 0 fully saturated rings. The molecule has 2 aromatic heterocycles. The molecule has 0 saturated carbocycles. The zero-order valence-corrected chi connectivity index (χ0v) is 11.0. The predicted octanol–water partition coefficient (Wildman–Crippen LogP) is 2.67. The van der Waals surface area contributed by atoms with Crippen molar-refractivity contribution in [1.82, 2.24) is 10.4 Å². The number of halogens is 1. The normalized spacial score (nSPS) is 10.6. The maximum atomic E-state index is 11.6. The molecule has 0 spiro atoms. The van der Waals surface area contributed by atoms with E-state index in [1.165, 1.54) is 17.5 Å². The molecule has 0 aliphatic carbocycles. The highest BCUT2D eigenvalue weighted by molar-refractivity contribution is 9.10. The number of hydrazone groups is 1. The van der Waals surface area contributed by atoms with Crippen molar-refractivity contribution in [2.45, 2.75) is 0 Å². The first-order valence-corrected chi connectivity index (χ1v) is 6.40. The second kappa shape index (κ2) is 5.70. The Kier molecular flexibility index (Phi) is 4.00. The van der Waals surface area contributed by atoms with Gasteiger partial charge in [0.1, 0.15) is 0 Å². The molecule has 2 rings (SSSR count). The highest BCUT2D eigenvalue weighted by Crippen LogP contribution is 2.17. The molecule has 0 unspecified atom stereocenters. The number of carbonyl (C=O) groups is 1. The van der Waals surface area contributed by atoms with Crippen molar-refractivity contribution in [2.75, 3.05) is 0 Å². The summed E-state index contributed by atoms with van der Waals surface area (Å²) in [5.74, 6) is -0.273. The van der Waals surface area contributed by atoms with Gasteiger partial charge in [0.15, 0.2) is 0 Å². The number of hydrogen-bond donors (Lipinski definition) is 1. The summed E-state index contributed by atoms with van der Waals surface area (Å²) in [7, 11) is 0. The maximum absolute atomic E-state index is 11.6. The Bertz CT molecular complexity index is 539. The summed E-state index contributed by atoms with van der Waals surface area (Å²) in [6, 6.07) is 5.30. The van der Waals surface area contributed by atoms with Gasteiger partial charge in [0, 0.05) is 27.1 Å². The van der Waals surface area contributed by atoms with Crippen LogP contribution in [0.2, 0.25) is 0 Å². The molecule has 0 radical (unpaired) electrons. The van der Waals surface area contributed by atoms with E-state index >= 15 is 0 Å². The fraction of sp³-hybridized carbons (Fsp3) is 0. The van der Waals surface area contributed by atoms with Gasteiger partial charge in [-0.3, -0.25) is 9.78 Å². The van der Waals surface area contributed by atoms with Gasteiger partial charge < -0.3 is 0 Å². The van der Waals surface area contributed by atoms with E-state index in [2.05, 4.69) is 31.4 Å². The second-order valence-electron chi connectivity index (χ2n) is 3.11. The molecule has 0 atom stereocenters. The molecule has 1 amide bonds. The van der Waals surface area contributed by atoms with Crippen LogP contribution in [0, 0.1) is 0 Å². The van der Waals surface area contributed by atoms with Crippen molar-refractivity contribution in [3.63, 3.8) is 0 Å². The van der Waals surface area contributed by atoms with Crippen LogP contribution < -0.4 is 5.43 Å². The van der Waals surface area contributed by atoms with Gasteiger partial charge in [0.05, 0.1) is 11.8 Å². The molecular formula is C11H8BrN3OS. The van der Waals surface area contributed by atoms with Crippen molar-refractivity contribution in [3.8, 4) is 0 Å². The highest BCUT2D eigenvalue weighted by atomic mass is 79.9. The van der Waals surface area contributed by atoms with Crippen molar-refractivity contribution in [3.05, 3.63) is 50.9 Å². The quantitative estimate of drug-likeness (QED) is 0.700. The van der Waals surface area contributed by atoms with Crippen LogP contribution in [0.15, 0.2) is 45.5 Å². The van der Waals surface area contributed by atoms with E-state index in [-0.39, 0.29) is 5.91 Å². The Morgan fingerprint density at radius 3 is 3.12 bits per heavy atom. The van der Waals surface area contributed by atoms with Crippen LogP contribution in [0.1, 0.15) is 15.2 Å². The number of nitrogens with zero attached hydrogens (tertiary/aromatic N) is 2. The second-order valence-corrected chi connectivity index (χ2v) is 4.97. The number of carbonyl (C=O) groups excluding carboxylic acids is 1. The molecule has 17 heavy (non-hydrogen) atoms. The molecule has 0 aliphatic rings. The van der Waals surface area contributed by atoms with E-state index in [0.29, 0.717) is 5.56 Å². The Morgan fingerprint density at radius 2 is 2.47 bits per heavy atom. The number of pyridine rings is 1. The Morgan fingerprint density at radius 1 is 1.59 bits per heavy atom. The SMILES string of the molecule is O=C(N/N=C/c1cc(Br)cs1)c1cccnc1. The minimum absolute atomic E-state index is 0.273. The van der Waals surface area contributed by atoms with Gasteiger partial charge in [-0.05, 0) is 34.1 Å². The van der Waals surface area contributed by atoms with Crippen LogP contribution in [-0.4, -0.2) is 17.1 Å². The van der Waals surface area contributed by atoms with E-state index in [0.717, 1.165) is 9.35 Å². The van der Waals surface area contributed by atoms with Gasteiger partial charge in [-0.1, -0.05) is 0 Å². The van der Waals surface area contributed by atoms with E-state index in [4.69, 9.17) is 0 Å². The van der Waals surface area contributed by atoms with Gasteiger partial charge in [-0.2, -0.15) is 5.10 Å². The zero-order valence-electron chi connectivity index (χ0n) is 8.63. The molecule has 4 nitrogen and oxygen atoms in total. The minimum atomic E-state index is -0.273. The molecule has 0 saturated heterocycles. The lowest BCUT2D eigenvalue weighted by Crippen LogP contribution is -2.17. The third-order valence-electron chi connectivity index (χ3n) is 1.87. The molecule has 0 bridgehead atoms. The Labute approximate surface area is 111 Å². The first-order chi connectivity index (χ1) is 8.25. The van der Waals surface area contributed by atoms with Crippen molar-refractivity contribution in [1.29, 1.82) is 0 Å². The fourth-order valence-corrected chi connectivity index (χ4v) is 2.42. The number of aromatic nitrogens is 1. The van der Waals surface area contributed by atoms with E-state index in [9.17, 15) is 4.79 Å². The number of nitrogens with one attached hydrogen (secondary N) is 1. The minimum Gasteiger partial charge on any atom is -0.267 e. The smallest absolute Gasteiger partial charge is 0.267 e. The predicted molar refractivity (Wildman–Crippen MR) is 71.3 cm³/mol. The van der Waals surface area contributed by atoms with Gasteiger partial charge >= 0.3 is 0 Å². The standard InChI is InChI=1S/C11H8BrN3OS/c12-9-4-10(17-7-9)6-14-15-11(16)8-2-1-3-13-5-8/h1-7H,(H,15,16)/b14-6+. The molecule has 6 heteroatoms. The van der Waals surface area contributed by atoms with Crippen LogP contribution in [0.4, 0.5) is 0 Å². The third-order valence-corrected chi connectivity index (χ3v) is 3.50. The summed E-state index contributed by atoms with van der Waals surface area (Å²) in [6.45, 7) is 0. The van der Waals surface area contributed by atoms with Gasteiger partial charge in [0.25, 0.3) is 5.91 Å². The number of hydrogen-bond acceptors (Lipinski definition) is 4. The van der Waals surface area contributed by atoms with Crippen molar-refractivity contribution < 1.29 is 4.79 Å². The summed E-state index contributed by atoms with van der Waals surface area (Å²) in [5, 5.41) is 5.82. The van der Waals surface area contributed by atoms with Gasteiger partial charge in [0.2, 0.25) is 0 Å². The van der Waals surface area contributed by atoms with Crippen LogP contribution in [0.3, 0.4) is 0 Å². The monoisotopic (exact) mass is 309 g/mol. The lowest BCUT2D eigenvalue weighted by atomic mass is 10.3. The van der Waals surface area contributed by atoms with Crippen LogP contribution >= 0.6 is 27.3 Å².